The lowest BCUT2D eigenvalue weighted by Crippen LogP contribution is -2.34. The number of esters is 1. The van der Waals surface area contributed by atoms with Gasteiger partial charge in [-0.15, -0.1) is 0 Å². The van der Waals surface area contributed by atoms with E-state index < -0.39 is 11.9 Å². The first-order chi connectivity index (χ1) is 12.1. The van der Waals surface area contributed by atoms with Crippen LogP contribution in [0.5, 0.6) is 0 Å². The maximum atomic E-state index is 12.6. The van der Waals surface area contributed by atoms with Gasteiger partial charge in [0.2, 0.25) is 0 Å². The fourth-order valence-corrected chi connectivity index (χ4v) is 3.16. The molecule has 0 saturated heterocycles. The maximum absolute atomic E-state index is 12.6. The normalized spacial score (nSPS) is 15.0. The first kappa shape index (κ1) is 17.0. The molecule has 1 heterocycles. The molecule has 3 rings (SSSR count). The van der Waals surface area contributed by atoms with E-state index in [1.807, 2.05) is 0 Å². The zero-order valence-corrected chi connectivity index (χ0v) is 13.8. The molecule has 1 aliphatic rings. The molecule has 0 radical (unpaired) electrons. The van der Waals surface area contributed by atoms with Crippen molar-refractivity contribution in [1.82, 2.24) is 5.32 Å². The number of fused-ring (bicyclic) bond motifs is 1. The zero-order chi connectivity index (χ0) is 17.8. The van der Waals surface area contributed by atoms with Gasteiger partial charge in [0.25, 0.3) is 5.91 Å². The molecule has 1 aromatic carbocycles. The molecule has 0 aliphatic heterocycles. The number of carbonyl (C=O) groups is 2. The lowest BCUT2D eigenvalue weighted by Gasteiger charge is -2.21. The number of furan rings is 1. The van der Waals surface area contributed by atoms with Crippen molar-refractivity contribution in [3.63, 3.8) is 0 Å². The van der Waals surface area contributed by atoms with Gasteiger partial charge in [0.1, 0.15) is 18.5 Å². The van der Waals surface area contributed by atoms with Gasteiger partial charge in [-0.3, -0.25) is 15.0 Å². The third-order valence-corrected chi connectivity index (χ3v) is 4.42. The van der Waals surface area contributed by atoms with Crippen LogP contribution in [0.15, 0.2) is 29.1 Å². The summed E-state index contributed by atoms with van der Waals surface area (Å²) in [5.41, 5.74) is 6.10. The quantitative estimate of drug-likeness (QED) is 0.437. The van der Waals surface area contributed by atoms with Crippen molar-refractivity contribution in [2.24, 2.45) is 5.73 Å². The third-order valence-electron chi connectivity index (χ3n) is 4.42. The molecule has 7 heteroatoms. The first-order valence-corrected chi connectivity index (χ1v) is 8.37. The van der Waals surface area contributed by atoms with E-state index in [0.29, 0.717) is 10.9 Å². The predicted molar refractivity (Wildman–Crippen MR) is 92.5 cm³/mol. The Kier molecular flexibility index (Phi) is 5.02. The van der Waals surface area contributed by atoms with Crippen molar-refractivity contribution in [3.05, 3.63) is 35.8 Å². The Morgan fingerprint density at radius 1 is 1.24 bits per heavy atom. The summed E-state index contributed by atoms with van der Waals surface area (Å²) in [6.45, 7) is -0.221. The van der Waals surface area contributed by atoms with E-state index in [0.717, 1.165) is 31.1 Å². The fraction of sp³-hybridized carbons (Fsp3) is 0.389. The number of nitrogen functional groups attached to an aromatic ring is 1. The summed E-state index contributed by atoms with van der Waals surface area (Å²) in [7, 11) is 0. The van der Waals surface area contributed by atoms with Crippen LogP contribution in [0.3, 0.4) is 0 Å². The second-order valence-electron chi connectivity index (χ2n) is 6.21. The van der Waals surface area contributed by atoms with E-state index in [9.17, 15) is 9.59 Å². The lowest BCUT2D eigenvalue weighted by molar-refractivity contribution is -0.149. The Hall–Kier alpha value is -2.83. The number of hydrogen-bond acceptors (Lipinski definition) is 5. The molecule has 25 heavy (non-hydrogen) atoms. The van der Waals surface area contributed by atoms with Gasteiger partial charge < -0.3 is 20.2 Å². The largest absolute Gasteiger partial charge is 0.471 e. The smallest absolute Gasteiger partial charge is 0.325 e. The van der Waals surface area contributed by atoms with Crippen LogP contribution in [0.1, 0.15) is 48.0 Å². The van der Waals surface area contributed by atoms with Gasteiger partial charge in [0.05, 0.1) is 18.1 Å². The second-order valence-corrected chi connectivity index (χ2v) is 6.21. The summed E-state index contributed by atoms with van der Waals surface area (Å²) in [5.74, 6) is -1.17. The van der Waals surface area contributed by atoms with Crippen LogP contribution in [-0.4, -0.2) is 30.4 Å². The molecule has 0 spiro atoms. The molecule has 1 saturated carbocycles. The highest BCUT2D eigenvalue weighted by Gasteiger charge is 2.21. The van der Waals surface area contributed by atoms with E-state index in [1.54, 1.807) is 12.1 Å². The van der Waals surface area contributed by atoms with Crippen LogP contribution in [0, 0.1) is 5.41 Å². The Bertz CT molecular complexity index is 806. The Labute approximate surface area is 145 Å². The highest BCUT2D eigenvalue weighted by Crippen LogP contribution is 2.24. The van der Waals surface area contributed by atoms with Crippen LogP contribution < -0.4 is 11.1 Å². The summed E-state index contributed by atoms with van der Waals surface area (Å²) in [6, 6.07) is 3.32. The monoisotopic (exact) mass is 343 g/mol. The number of rotatable bonds is 5. The minimum Gasteiger partial charge on any atom is -0.471 e. The molecule has 4 N–H and O–H groups in total. The van der Waals surface area contributed by atoms with Gasteiger partial charge in [-0.05, 0) is 31.7 Å². The Morgan fingerprint density at radius 2 is 2.00 bits per heavy atom. The van der Waals surface area contributed by atoms with E-state index in [-0.39, 0.29) is 24.0 Å². The summed E-state index contributed by atoms with van der Waals surface area (Å²) in [5, 5.41) is 11.5. The Morgan fingerprint density at radius 3 is 2.72 bits per heavy atom. The molecule has 0 bridgehead atoms. The molecule has 1 aliphatic carbocycles. The molecule has 0 atom stereocenters. The SMILES string of the molecule is N=C(N)c1ccc2cocc2c1C(=O)NCC(=O)OC1CCCCC1. The average molecular weight is 343 g/mol. The summed E-state index contributed by atoms with van der Waals surface area (Å²) < 4.78 is 10.5. The zero-order valence-electron chi connectivity index (χ0n) is 13.8. The third kappa shape index (κ3) is 3.81. The van der Waals surface area contributed by atoms with Gasteiger partial charge in [0.15, 0.2) is 0 Å². The standard InChI is InChI=1S/C18H21N3O4/c19-17(20)13-7-6-11-9-24-10-14(11)16(13)18(23)21-8-15(22)25-12-4-2-1-3-5-12/h6-7,9-10,12H,1-5,8H2,(H3,19,20)(H,21,23). The molecule has 132 valence electrons. The van der Waals surface area contributed by atoms with Crippen LogP contribution in [0.4, 0.5) is 0 Å². The van der Waals surface area contributed by atoms with E-state index in [1.165, 1.54) is 18.9 Å². The van der Waals surface area contributed by atoms with Crippen molar-refractivity contribution in [3.8, 4) is 0 Å². The lowest BCUT2D eigenvalue weighted by atomic mass is 9.98. The summed E-state index contributed by atoms with van der Waals surface area (Å²) in [4.78, 5) is 24.5. The van der Waals surface area contributed by atoms with Crippen LogP contribution >= 0.6 is 0 Å². The van der Waals surface area contributed by atoms with Crippen molar-refractivity contribution >= 4 is 28.5 Å². The molecular weight excluding hydrogens is 322 g/mol. The van der Waals surface area contributed by atoms with Crippen molar-refractivity contribution in [1.29, 1.82) is 5.41 Å². The van der Waals surface area contributed by atoms with Crippen LogP contribution in [-0.2, 0) is 9.53 Å². The van der Waals surface area contributed by atoms with Gasteiger partial charge >= 0.3 is 5.97 Å². The average Bonchev–Trinajstić information content (AvgIpc) is 3.08. The van der Waals surface area contributed by atoms with Crippen molar-refractivity contribution < 1.29 is 18.7 Å². The number of amides is 1. The van der Waals surface area contributed by atoms with Gasteiger partial charge in [-0.2, -0.15) is 0 Å². The molecule has 1 aromatic heterocycles. The maximum Gasteiger partial charge on any atom is 0.325 e. The van der Waals surface area contributed by atoms with E-state index >= 15 is 0 Å². The fourth-order valence-electron chi connectivity index (χ4n) is 3.16. The number of benzene rings is 1. The van der Waals surface area contributed by atoms with Gasteiger partial charge in [-0.1, -0.05) is 12.5 Å². The van der Waals surface area contributed by atoms with Crippen LogP contribution in [0.25, 0.3) is 10.8 Å². The molecule has 0 unspecified atom stereocenters. The highest BCUT2D eigenvalue weighted by atomic mass is 16.5. The number of hydrogen-bond donors (Lipinski definition) is 3. The van der Waals surface area contributed by atoms with E-state index in [2.05, 4.69) is 5.32 Å². The van der Waals surface area contributed by atoms with Gasteiger partial charge in [0, 0.05) is 16.3 Å². The number of carbonyl (C=O) groups excluding carboxylic acids is 2. The minimum absolute atomic E-state index is 0.0526. The Balaban J connectivity index is 1.69. The van der Waals surface area contributed by atoms with E-state index in [4.69, 9.17) is 20.3 Å². The van der Waals surface area contributed by atoms with Gasteiger partial charge in [-0.25, -0.2) is 0 Å². The highest BCUT2D eigenvalue weighted by molar-refractivity contribution is 6.15. The van der Waals surface area contributed by atoms with Crippen molar-refractivity contribution in [2.45, 2.75) is 38.2 Å². The number of nitrogens with one attached hydrogen (secondary N) is 2. The molecule has 1 fully saturated rings. The molecule has 7 nitrogen and oxygen atoms in total. The van der Waals surface area contributed by atoms with Crippen LogP contribution in [0.2, 0.25) is 0 Å². The van der Waals surface area contributed by atoms with Crippen molar-refractivity contribution in [2.75, 3.05) is 6.54 Å². The number of ether oxygens (including phenoxy) is 1. The second kappa shape index (κ2) is 7.38. The molecular formula is C18H21N3O4. The number of nitrogens with two attached hydrogens (primary N) is 1. The minimum atomic E-state index is -0.488. The molecule has 2 aromatic rings. The number of amidine groups is 1. The first-order valence-electron chi connectivity index (χ1n) is 8.37. The molecule has 1 amide bonds. The topological polar surface area (TPSA) is 118 Å². The predicted octanol–water partition coefficient (Wildman–Crippen LogP) is 2.32. The summed E-state index contributed by atoms with van der Waals surface area (Å²) >= 11 is 0. The summed E-state index contributed by atoms with van der Waals surface area (Å²) in [6.07, 6.45) is 7.94.